The molecule has 1 aliphatic carbocycles. The second-order valence-corrected chi connectivity index (χ2v) is 4.17. The first-order chi connectivity index (χ1) is 7.20. The van der Waals surface area contributed by atoms with Crippen molar-refractivity contribution in [3.8, 4) is 0 Å². The fourth-order valence-corrected chi connectivity index (χ4v) is 2.32. The second-order valence-electron chi connectivity index (χ2n) is 3.90. The van der Waals surface area contributed by atoms with Crippen LogP contribution in [0, 0.1) is 5.92 Å². The molecule has 2 amide bonds. The molecular weight excluding hydrogens is 216 g/mol. The van der Waals surface area contributed by atoms with E-state index in [0.29, 0.717) is 6.42 Å². The first kappa shape index (κ1) is 10.5. The molecule has 82 valence electrons. The van der Waals surface area contributed by atoms with Crippen LogP contribution in [0.3, 0.4) is 0 Å². The Labute approximate surface area is 93.0 Å². The van der Waals surface area contributed by atoms with Gasteiger partial charge in [0.05, 0.1) is 0 Å². The van der Waals surface area contributed by atoms with Crippen LogP contribution in [-0.4, -0.2) is 23.7 Å². The smallest absolute Gasteiger partial charge is 0.235 e. The van der Waals surface area contributed by atoms with Gasteiger partial charge >= 0.3 is 0 Å². The molecule has 4 nitrogen and oxygen atoms in total. The monoisotopic (exact) mass is 228 g/mol. The van der Waals surface area contributed by atoms with E-state index in [2.05, 4.69) is 10.6 Å². The van der Waals surface area contributed by atoms with Gasteiger partial charge in [0.15, 0.2) is 0 Å². The van der Waals surface area contributed by atoms with E-state index in [0.717, 1.165) is 18.5 Å². The number of nitrogens with one attached hydrogen (secondary N) is 2. The van der Waals surface area contributed by atoms with E-state index < -0.39 is 0 Å². The Bertz CT molecular complexity index is 327. The third-order valence-electron chi connectivity index (χ3n) is 2.88. The van der Waals surface area contributed by atoms with Crippen LogP contribution in [0.25, 0.3) is 0 Å². The number of rotatable bonds is 2. The largest absolute Gasteiger partial charge is 0.351 e. The summed E-state index contributed by atoms with van der Waals surface area (Å²) in [5.41, 5.74) is 0.964. The maximum atomic E-state index is 11.3. The number of amides is 2. The third kappa shape index (κ3) is 2.15. The third-order valence-corrected chi connectivity index (χ3v) is 3.13. The molecule has 0 aromatic rings. The Kier molecular flexibility index (Phi) is 2.95. The molecule has 2 unspecified atom stereocenters. The van der Waals surface area contributed by atoms with Crippen molar-refractivity contribution >= 4 is 23.4 Å². The Balaban J connectivity index is 2.06. The molecule has 2 atom stereocenters. The molecule has 5 heteroatoms. The van der Waals surface area contributed by atoms with Gasteiger partial charge in [0, 0.05) is 24.1 Å². The number of piperidine rings is 1. The molecule has 0 aromatic heterocycles. The Morgan fingerprint density at radius 2 is 2.47 bits per heavy atom. The van der Waals surface area contributed by atoms with Gasteiger partial charge in [0.1, 0.15) is 5.88 Å². The van der Waals surface area contributed by atoms with Crippen LogP contribution >= 0.6 is 11.6 Å². The van der Waals surface area contributed by atoms with Gasteiger partial charge in [-0.3, -0.25) is 9.59 Å². The number of alkyl halides is 1. The number of carbonyl (C=O) groups excluding carboxylic acids is 2. The van der Waals surface area contributed by atoms with E-state index in [1.165, 1.54) is 0 Å². The lowest BCUT2D eigenvalue weighted by Crippen LogP contribution is -2.49. The van der Waals surface area contributed by atoms with E-state index in [1.54, 1.807) is 0 Å². The minimum Gasteiger partial charge on any atom is -0.351 e. The molecule has 0 spiro atoms. The van der Waals surface area contributed by atoms with E-state index in [4.69, 9.17) is 11.6 Å². The van der Waals surface area contributed by atoms with Crippen LogP contribution in [0.4, 0.5) is 0 Å². The van der Waals surface area contributed by atoms with Crippen LogP contribution in [-0.2, 0) is 9.59 Å². The van der Waals surface area contributed by atoms with E-state index in [1.807, 2.05) is 6.08 Å². The summed E-state index contributed by atoms with van der Waals surface area (Å²) in [5, 5.41) is 5.64. The summed E-state index contributed by atoms with van der Waals surface area (Å²) in [7, 11) is 0. The summed E-state index contributed by atoms with van der Waals surface area (Å²) in [6, 6.07) is -0.0845. The average molecular weight is 229 g/mol. The van der Waals surface area contributed by atoms with Crippen LogP contribution in [0.5, 0.6) is 0 Å². The molecule has 0 bridgehead atoms. The highest BCUT2D eigenvalue weighted by atomic mass is 35.5. The highest BCUT2D eigenvalue weighted by molar-refractivity contribution is 6.27. The number of hydrogen-bond acceptors (Lipinski definition) is 2. The molecule has 15 heavy (non-hydrogen) atoms. The van der Waals surface area contributed by atoms with Crippen molar-refractivity contribution in [3.63, 3.8) is 0 Å². The van der Waals surface area contributed by atoms with Gasteiger partial charge < -0.3 is 10.6 Å². The van der Waals surface area contributed by atoms with Gasteiger partial charge in [-0.1, -0.05) is 6.08 Å². The molecule has 0 saturated carbocycles. The fourth-order valence-electron chi connectivity index (χ4n) is 2.24. The maximum absolute atomic E-state index is 11.3. The van der Waals surface area contributed by atoms with Crippen LogP contribution in [0.1, 0.15) is 19.3 Å². The number of fused-ring (bicyclic) bond motifs is 1. The summed E-state index contributed by atoms with van der Waals surface area (Å²) >= 11 is 5.42. The number of hydrogen-bond donors (Lipinski definition) is 2. The van der Waals surface area contributed by atoms with Crippen molar-refractivity contribution in [2.24, 2.45) is 5.92 Å². The minimum absolute atomic E-state index is 0.0285. The van der Waals surface area contributed by atoms with Crippen LogP contribution in [0.2, 0.25) is 0 Å². The molecule has 1 aliphatic heterocycles. The summed E-state index contributed by atoms with van der Waals surface area (Å²) in [6.45, 7) is 0. The lowest BCUT2D eigenvalue weighted by molar-refractivity contribution is -0.124. The quantitative estimate of drug-likeness (QED) is 0.678. The lowest BCUT2D eigenvalue weighted by atomic mass is 9.90. The van der Waals surface area contributed by atoms with Crippen molar-refractivity contribution in [1.29, 1.82) is 0 Å². The molecule has 1 saturated heterocycles. The van der Waals surface area contributed by atoms with Crippen LogP contribution < -0.4 is 10.6 Å². The predicted molar refractivity (Wildman–Crippen MR) is 56.2 cm³/mol. The van der Waals surface area contributed by atoms with Gasteiger partial charge in [0.2, 0.25) is 11.8 Å². The fraction of sp³-hybridized carbons (Fsp3) is 0.600. The molecule has 1 heterocycles. The van der Waals surface area contributed by atoms with Crippen molar-refractivity contribution in [2.75, 3.05) is 5.88 Å². The zero-order valence-electron chi connectivity index (χ0n) is 8.25. The average Bonchev–Trinajstić information content (AvgIpc) is 2.65. The Morgan fingerprint density at radius 3 is 3.20 bits per heavy atom. The number of carbonyl (C=O) groups is 2. The SMILES string of the molecule is O=C1CC(NC(=O)CCl)C2CCC=C2N1. The topological polar surface area (TPSA) is 58.2 Å². The van der Waals surface area contributed by atoms with Crippen LogP contribution in [0.15, 0.2) is 11.8 Å². The molecule has 0 aromatic carbocycles. The molecule has 1 fully saturated rings. The molecule has 2 aliphatic rings. The first-order valence-corrected chi connectivity index (χ1v) is 5.59. The van der Waals surface area contributed by atoms with Gasteiger partial charge in [-0.2, -0.15) is 0 Å². The van der Waals surface area contributed by atoms with E-state index >= 15 is 0 Å². The highest BCUT2D eigenvalue weighted by Gasteiger charge is 2.35. The maximum Gasteiger partial charge on any atom is 0.235 e. The van der Waals surface area contributed by atoms with Crippen molar-refractivity contribution in [3.05, 3.63) is 11.8 Å². The van der Waals surface area contributed by atoms with Gasteiger partial charge in [0.25, 0.3) is 0 Å². The number of halogens is 1. The minimum atomic E-state index is -0.206. The summed E-state index contributed by atoms with van der Waals surface area (Å²) in [5.74, 6) is -0.0269. The van der Waals surface area contributed by atoms with Gasteiger partial charge in [-0.15, -0.1) is 11.6 Å². The van der Waals surface area contributed by atoms with E-state index in [-0.39, 0.29) is 29.7 Å². The zero-order chi connectivity index (χ0) is 10.8. The summed E-state index contributed by atoms with van der Waals surface area (Å²) in [6.07, 6.45) is 4.34. The molecule has 2 rings (SSSR count). The predicted octanol–water partition coefficient (Wildman–Crippen LogP) is 0.524. The van der Waals surface area contributed by atoms with E-state index in [9.17, 15) is 9.59 Å². The molecule has 0 radical (unpaired) electrons. The molecular formula is C10H13ClN2O2. The Hall–Kier alpha value is -1.03. The molecule has 2 N–H and O–H groups in total. The Morgan fingerprint density at radius 1 is 1.67 bits per heavy atom. The van der Waals surface area contributed by atoms with Crippen molar-refractivity contribution < 1.29 is 9.59 Å². The normalized spacial score (nSPS) is 29.1. The first-order valence-electron chi connectivity index (χ1n) is 5.06. The highest BCUT2D eigenvalue weighted by Crippen LogP contribution is 2.31. The zero-order valence-corrected chi connectivity index (χ0v) is 9.01. The summed E-state index contributed by atoms with van der Waals surface area (Å²) < 4.78 is 0. The van der Waals surface area contributed by atoms with Crippen molar-refractivity contribution in [2.45, 2.75) is 25.3 Å². The summed E-state index contributed by atoms with van der Waals surface area (Å²) in [4.78, 5) is 22.5. The second kappa shape index (κ2) is 4.23. The van der Waals surface area contributed by atoms with Crippen molar-refractivity contribution in [1.82, 2.24) is 10.6 Å². The van der Waals surface area contributed by atoms with Gasteiger partial charge in [-0.25, -0.2) is 0 Å². The number of allylic oxidation sites excluding steroid dienone is 1. The van der Waals surface area contributed by atoms with Gasteiger partial charge in [-0.05, 0) is 12.8 Å². The standard InChI is InChI=1S/C10H13ClN2O2/c11-5-10(15)13-8-4-9(14)12-7-3-1-2-6(7)8/h3,6,8H,1-2,4-5H2,(H,12,14)(H,13,15). The lowest BCUT2D eigenvalue weighted by Gasteiger charge is -2.31.